The number of hydrogen-bond donors (Lipinski definition) is 1. The Morgan fingerprint density at radius 2 is 1.83 bits per heavy atom. The molecule has 0 spiro atoms. The van der Waals surface area contributed by atoms with E-state index < -0.39 is 17.6 Å². The number of nitriles is 1. The molecule has 0 bridgehead atoms. The van der Waals surface area contributed by atoms with E-state index >= 15 is 0 Å². The summed E-state index contributed by atoms with van der Waals surface area (Å²) in [5.74, 6) is -1.56. The number of carbonyl (C=O) groups is 2. The van der Waals surface area contributed by atoms with Crippen LogP contribution >= 0.6 is 0 Å². The average Bonchev–Trinajstić information content (AvgIpc) is 2.83. The van der Waals surface area contributed by atoms with Gasteiger partial charge in [-0.1, -0.05) is 18.2 Å². The van der Waals surface area contributed by atoms with Gasteiger partial charge in [0.2, 0.25) is 0 Å². The van der Waals surface area contributed by atoms with E-state index in [1.807, 2.05) is 6.07 Å². The third-order valence-corrected chi connectivity index (χ3v) is 3.74. The molecular formula is C18H12FN3O2. The van der Waals surface area contributed by atoms with E-state index in [2.05, 4.69) is 5.32 Å². The number of nitrogens with zero attached hydrogens (tertiary/aromatic N) is 2. The Labute approximate surface area is 137 Å². The normalized spacial score (nSPS) is 14.9. The number of rotatable bonds is 2. The first-order chi connectivity index (χ1) is 11.5. The van der Waals surface area contributed by atoms with Gasteiger partial charge in [-0.05, 0) is 30.3 Å². The van der Waals surface area contributed by atoms with E-state index in [0.717, 1.165) is 0 Å². The predicted molar refractivity (Wildman–Crippen MR) is 87.4 cm³/mol. The topological polar surface area (TPSA) is 73.2 Å². The lowest BCUT2D eigenvalue weighted by Crippen LogP contribution is -2.23. The maximum atomic E-state index is 12.9. The van der Waals surface area contributed by atoms with Crippen molar-refractivity contribution in [3.63, 3.8) is 0 Å². The monoisotopic (exact) mass is 321 g/mol. The molecule has 2 aromatic rings. The maximum Gasteiger partial charge on any atom is 0.267 e. The first kappa shape index (κ1) is 15.4. The van der Waals surface area contributed by atoms with Crippen molar-refractivity contribution in [1.29, 1.82) is 5.26 Å². The van der Waals surface area contributed by atoms with Crippen molar-refractivity contribution in [3.8, 4) is 6.07 Å². The number of anilines is 2. The summed E-state index contributed by atoms with van der Waals surface area (Å²) in [7, 11) is 1.58. The molecule has 6 heteroatoms. The zero-order valence-electron chi connectivity index (χ0n) is 12.7. The molecule has 3 rings (SSSR count). The number of carbonyl (C=O) groups excluding carboxylic acids is 2. The highest BCUT2D eigenvalue weighted by molar-refractivity contribution is 6.37. The molecule has 5 nitrogen and oxygen atoms in total. The molecule has 1 heterocycles. The van der Waals surface area contributed by atoms with Gasteiger partial charge in [-0.25, -0.2) is 4.39 Å². The molecule has 1 aliphatic heterocycles. The molecule has 1 aliphatic rings. The van der Waals surface area contributed by atoms with Crippen LogP contribution in [0.1, 0.15) is 5.56 Å². The van der Waals surface area contributed by atoms with Gasteiger partial charge in [0.25, 0.3) is 11.8 Å². The van der Waals surface area contributed by atoms with Crippen LogP contribution < -0.4 is 10.2 Å². The maximum absolute atomic E-state index is 12.9. The van der Waals surface area contributed by atoms with Gasteiger partial charge >= 0.3 is 0 Å². The molecule has 0 saturated carbocycles. The van der Waals surface area contributed by atoms with E-state index in [9.17, 15) is 19.2 Å². The summed E-state index contributed by atoms with van der Waals surface area (Å²) in [6.07, 6.45) is 0. The van der Waals surface area contributed by atoms with E-state index in [1.165, 1.54) is 29.2 Å². The number of para-hydroxylation sites is 1. The minimum Gasteiger partial charge on any atom is -0.321 e. The molecule has 0 aliphatic carbocycles. The number of halogens is 1. The average molecular weight is 321 g/mol. The number of hydrogen-bond acceptors (Lipinski definition) is 3. The molecule has 0 radical (unpaired) electrons. The van der Waals surface area contributed by atoms with Crippen molar-refractivity contribution in [3.05, 3.63) is 65.5 Å². The Kier molecular flexibility index (Phi) is 3.84. The number of likely N-dealkylation sites (N-methyl/N-ethyl adjacent to an activating group) is 1. The predicted octanol–water partition coefficient (Wildman–Crippen LogP) is 2.72. The number of fused-ring (bicyclic) bond motifs is 1. The Morgan fingerprint density at radius 3 is 2.50 bits per heavy atom. The van der Waals surface area contributed by atoms with Crippen LogP contribution in [-0.2, 0) is 9.59 Å². The first-order valence-electron chi connectivity index (χ1n) is 7.11. The van der Waals surface area contributed by atoms with Crippen LogP contribution in [-0.4, -0.2) is 18.9 Å². The molecule has 0 unspecified atom stereocenters. The zero-order chi connectivity index (χ0) is 17.3. The summed E-state index contributed by atoms with van der Waals surface area (Å²) in [4.78, 5) is 26.3. The van der Waals surface area contributed by atoms with Crippen LogP contribution in [0, 0.1) is 17.1 Å². The summed E-state index contributed by atoms with van der Waals surface area (Å²) >= 11 is 0. The van der Waals surface area contributed by atoms with Gasteiger partial charge in [0, 0.05) is 18.3 Å². The van der Waals surface area contributed by atoms with Crippen LogP contribution in [0.15, 0.2) is 54.1 Å². The third kappa shape index (κ3) is 2.52. The third-order valence-electron chi connectivity index (χ3n) is 3.74. The van der Waals surface area contributed by atoms with Crippen LogP contribution in [0.5, 0.6) is 0 Å². The van der Waals surface area contributed by atoms with Gasteiger partial charge in [-0.15, -0.1) is 0 Å². The Balaban J connectivity index is 2.03. The van der Waals surface area contributed by atoms with Gasteiger partial charge in [0.1, 0.15) is 17.5 Å². The van der Waals surface area contributed by atoms with Gasteiger partial charge in [0.15, 0.2) is 0 Å². The van der Waals surface area contributed by atoms with Crippen molar-refractivity contribution >= 4 is 28.8 Å². The molecule has 24 heavy (non-hydrogen) atoms. The summed E-state index contributed by atoms with van der Waals surface area (Å²) in [5.41, 5.74) is 1.30. The Bertz CT molecular complexity index is 911. The summed E-state index contributed by atoms with van der Waals surface area (Å²) in [5, 5.41) is 11.9. The highest BCUT2D eigenvalue weighted by Gasteiger charge is 2.34. The van der Waals surface area contributed by atoms with Crippen molar-refractivity contribution in [2.45, 2.75) is 0 Å². The summed E-state index contributed by atoms with van der Waals surface area (Å²) in [6.45, 7) is 0. The number of amides is 2. The molecule has 2 amide bonds. The highest BCUT2D eigenvalue weighted by atomic mass is 19.1. The van der Waals surface area contributed by atoms with Crippen molar-refractivity contribution in [2.75, 3.05) is 17.3 Å². The van der Waals surface area contributed by atoms with Gasteiger partial charge < -0.3 is 10.2 Å². The molecule has 0 atom stereocenters. The quantitative estimate of drug-likeness (QED) is 0.683. The van der Waals surface area contributed by atoms with Gasteiger partial charge in [-0.2, -0.15) is 5.26 Å². The smallest absolute Gasteiger partial charge is 0.267 e. The van der Waals surface area contributed by atoms with Crippen LogP contribution in [0.4, 0.5) is 15.8 Å². The minimum atomic E-state index is -0.711. The SMILES string of the molecule is CN1C(=O)C(=C(C#N)C(=O)Nc2ccc(F)cc2)c2ccccc21. The Hall–Kier alpha value is -3.46. The van der Waals surface area contributed by atoms with Crippen LogP contribution in [0.3, 0.4) is 0 Å². The van der Waals surface area contributed by atoms with Crippen LogP contribution in [0.2, 0.25) is 0 Å². The summed E-state index contributed by atoms with van der Waals surface area (Å²) in [6, 6.07) is 13.9. The minimum absolute atomic E-state index is 0.0650. The molecular weight excluding hydrogens is 309 g/mol. The number of nitrogens with one attached hydrogen (secondary N) is 1. The van der Waals surface area contributed by atoms with E-state index in [1.54, 1.807) is 31.3 Å². The lowest BCUT2D eigenvalue weighted by atomic mass is 10.0. The fourth-order valence-corrected chi connectivity index (χ4v) is 2.56. The van der Waals surface area contributed by atoms with Crippen LogP contribution in [0.25, 0.3) is 5.57 Å². The fraction of sp³-hybridized carbons (Fsp3) is 0.0556. The molecule has 1 N–H and O–H groups in total. The molecule has 2 aromatic carbocycles. The van der Waals surface area contributed by atoms with Crippen molar-refractivity contribution in [1.82, 2.24) is 0 Å². The van der Waals surface area contributed by atoms with E-state index in [-0.39, 0.29) is 11.1 Å². The van der Waals surface area contributed by atoms with Gasteiger partial charge in [0.05, 0.1) is 11.3 Å². The van der Waals surface area contributed by atoms with E-state index in [4.69, 9.17) is 0 Å². The standard InChI is InChI=1S/C18H12FN3O2/c1-22-15-5-3-2-4-13(15)16(18(22)24)14(10-20)17(23)21-12-8-6-11(19)7-9-12/h2-9H,1H3,(H,21,23). The second kappa shape index (κ2) is 5.97. The van der Waals surface area contributed by atoms with Crippen molar-refractivity contribution < 1.29 is 14.0 Å². The molecule has 0 saturated heterocycles. The first-order valence-corrected chi connectivity index (χ1v) is 7.11. The lowest BCUT2D eigenvalue weighted by Gasteiger charge is -2.08. The lowest BCUT2D eigenvalue weighted by molar-refractivity contribution is -0.114. The van der Waals surface area contributed by atoms with Gasteiger partial charge in [-0.3, -0.25) is 9.59 Å². The molecule has 0 fully saturated rings. The van der Waals surface area contributed by atoms with E-state index in [0.29, 0.717) is 16.9 Å². The second-order valence-electron chi connectivity index (χ2n) is 5.20. The summed E-state index contributed by atoms with van der Waals surface area (Å²) < 4.78 is 12.9. The fourth-order valence-electron chi connectivity index (χ4n) is 2.56. The second-order valence-corrected chi connectivity index (χ2v) is 5.20. The largest absolute Gasteiger partial charge is 0.321 e. The van der Waals surface area contributed by atoms with Crippen molar-refractivity contribution in [2.24, 2.45) is 0 Å². The number of benzene rings is 2. The molecule has 118 valence electrons. The zero-order valence-corrected chi connectivity index (χ0v) is 12.7. The Morgan fingerprint density at radius 1 is 1.17 bits per heavy atom. The molecule has 0 aromatic heterocycles. The highest BCUT2D eigenvalue weighted by Crippen LogP contribution is 2.37.